The standard InChI is InChI=1S/C22H27FN4O2/c23-16-10-8-15(9-11-16)12-13-24-21(28)19-18-7-3-4-14-27(18)20(26-19)22(29)25-17-5-1-2-6-17/h8-11,17H,1-7,12-14H2,(H,24,28)(H,25,29). The van der Waals surface area contributed by atoms with E-state index in [1.165, 1.54) is 12.1 Å². The van der Waals surface area contributed by atoms with Crippen LogP contribution >= 0.6 is 0 Å². The highest BCUT2D eigenvalue weighted by Gasteiger charge is 2.28. The second kappa shape index (κ2) is 8.76. The summed E-state index contributed by atoms with van der Waals surface area (Å²) in [6, 6.07) is 6.47. The van der Waals surface area contributed by atoms with Gasteiger partial charge in [0.2, 0.25) is 0 Å². The number of halogens is 1. The van der Waals surface area contributed by atoms with Gasteiger partial charge >= 0.3 is 0 Å². The van der Waals surface area contributed by atoms with Gasteiger partial charge in [-0.2, -0.15) is 0 Å². The molecule has 7 heteroatoms. The van der Waals surface area contributed by atoms with Gasteiger partial charge in [0.25, 0.3) is 11.8 Å². The number of hydrogen-bond donors (Lipinski definition) is 2. The summed E-state index contributed by atoms with van der Waals surface area (Å²) in [4.78, 5) is 30.0. The molecule has 154 valence electrons. The third-order valence-electron chi connectivity index (χ3n) is 5.84. The van der Waals surface area contributed by atoms with Gasteiger partial charge in [0.05, 0.1) is 5.69 Å². The van der Waals surface area contributed by atoms with Crippen LogP contribution in [0.3, 0.4) is 0 Å². The van der Waals surface area contributed by atoms with Crippen LogP contribution in [-0.2, 0) is 19.4 Å². The van der Waals surface area contributed by atoms with Gasteiger partial charge < -0.3 is 15.2 Å². The molecule has 1 aliphatic heterocycles. The number of carbonyl (C=O) groups is 2. The number of nitrogens with zero attached hydrogens (tertiary/aromatic N) is 2. The number of imidazole rings is 1. The first-order valence-corrected chi connectivity index (χ1v) is 10.5. The molecule has 2 aromatic rings. The molecule has 2 amide bonds. The van der Waals surface area contributed by atoms with Gasteiger partial charge in [-0.05, 0) is 56.2 Å². The molecule has 4 rings (SSSR count). The van der Waals surface area contributed by atoms with Crippen molar-refractivity contribution in [2.24, 2.45) is 0 Å². The minimum absolute atomic E-state index is 0.176. The average molecular weight is 398 g/mol. The van der Waals surface area contributed by atoms with Crippen molar-refractivity contribution >= 4 is 11.8 Å². The van der Waals surface area contributed by atoms with Crippen molar-refractivity contribution in [1.29, 1.82) is 0 Å². The molecule has 0 bridgehead atoms. The number of hydrogen-bond acceptors (Lipinski definition) is 3. The molecule has 0 saturated heterocycles. The van der Waals surface area contributed by atoms with Crippen LogP contribution in [0.1, 0.15) is 70.9 Å². The van der Waals surface area contributed by atoms with Crippen LogP contribution < -0.4 is 10.6 Å². The first kappa shape index (κ1) is 19.6. The van der Waals surface area contributed by atoms with Crippen molar-refractivity contribution in [3.05, 3.63) is 52.9 Å². The molecule has 6 nitrogen and oxygen atoms in total. The molecule has 2 N–H and O–H groups in total. The second-order valence-electron chi connectivity index (χ2n) is 7.93. The van der Waals surface area contributed by atoms with Crippen LogP contribution in [0, 0.1) is 5.82 Å². The van der Waals surface area contributed by atoms with Crippen molar-refractivity contribution < 1.29 is 14.0 Å². The minimum Gasteiger partial charge on any atom is -0.350 e. The molecule has 2 aliphatic rings. The zero-order valence-electron chi connectivity index (χ0n) is 16.5. The molecular formula is C22H27FN4O2. The van der Waals surface area contributed by atoms with E-state index >= 15 is 0 Å². The molecule has 0 radical (unpaired) electrons. The molecule has 29 heavy (non-hydrogen) atoms. The Morgan fingerprint density at radius 1 is 1.07 bits per heavy atom. The zero-order valence-corrected chi connectivity index (χ0v) is 16.5. The van der Waals surface area contributed by atoms with Gasteiger partial charge in [-0.25, -0.2) is 9.37 Å². The zero-order chi connectivity index (χ0) is 20.2. The number of rotatable bonds is 6. The van der Waals surface area contributed by atoms with E-state index in [1.54, 1.807) is 12.1 Å². The van der Waals surface area contributed by atoms with Crippen molar-refractivity contribution in [2.45, 2.75) is 64.0 Å². The van der Waals surface area contributed by atoms with Crippen molar-refractivity contribution in [3.63, 3.8) is 0 Å². The molecule has 1 aromatic carbocycles. The largest absolute Gasteiger partial charge is 0.350 e. The normalized spacial score (nSPS) is 16.4. The summed E-state index contributed by atoms with van der Waals surface area (Å²) in [5.41, 5.74) is 2.17. The van der Waals surface area contributed by atoms with Crippen molar-refractivity contribution in [3.8, 4) is 0 Å². The van der Waals surface area contributed by atoms with Crippen LogP contribution in [0.25, 0.3) is 0 Å². The summed E-state index contributed by atoms with van der Waals surface area (Å²) < 4.78 is 14.9. The fourth-order valence-corrected chi connectivity index (χ4v) is 4.27. The number of nitrogens with one attached hydrogen (secondary N) is 2. The molecule has 0 spiro atoms. The lowest BCUT2D eigenvalue weighted by Crippen LogP contribution is -2.35. The van der Waals surface area contributed by atoms with E-state index < -0.39 is 0 Å². The van der Waals surface area contributed by atoms with Gasteiger partial charge in [0, 0.05) is 19.1 Å². The van der Waals surface area contributed by atoms with Gasteiger partial charge in [-0.3, -0.25) is 9.59 Å². The first-order valence-electron chi connectivity index (χ1n) is 10.5. The van der Waals surface area contributed by atoms with Gasteiger partial charge in [0.1, 0.15) is 11.5 Å². The Labute approximate surface area is 169 Å². The average Bonchev–Trinajstić information content (AvgIpc) is 3.37. The molecule has 1 aliphatic carbocycles. The number of benzene rings is 1. The van der Waals surface area contributed by atoms with E-state index in [4.69, 9.17) is 0 Å². The van der Waals surface area contributed by atoms with Gasteiger partial charge in [-0.1, -0.05) is 25.0 Å². The molecule has 1 saturated carbocycles. The Morgan fingerprint density at radius 2 is 1.83 bits per heavy atom. The Kier molecular flexibility index (Phi) is 5.92. The van der Waals surface area contributed by atoms with Crippen LogP contribution in [0.15, 0.2) is 24.3 Å². The van der Waals surface area contributed by atoms with Crippen LogP contribution in [0.2, 0.25) is 0 Å². The van der Waals surface area contributed by atoms with E-state index in [-0.39, 0.29) is 23.7 Å². The SMILES string of the molecule is O=C(NCCc1ccc(F)cc1)c1nc(C(=O)NC2CCCC2)n2c1CCCC2. The fourth-order valence-electron chi connectivity index (χ4n) is 4.27. The van der Waals surface area contributed by atoms with Gasteiger partial charge in [-0.15, -0.1) is 0 Å². The maximum Gasteiger partial charge on any atom is 0.287 e. The van der Waals surface area contributed by atoms with E-state index in [0.29, 0.717) is 24.5 Å². The Hall–Kier alpha value is -2.70. The number of aromatic nitrogens is 2. The summed E-state index contributed by atoms with van der Waals surface area (Å²) in [7, 11) is 0. The minimum atomic E-state index is -0.272. The maximum absolute atomic E-state index is 13.0. The molecule has 1 aromatic heterocycles. The lowest BCUT2D eigenvalue weighted by atomic mass is 10.1. The molecular weight excluding hydrogens is 371 g/mol. The fraction of sp³-hybridized carbons (Fsp3) is 0.500. The smallest absolute Gasteiger partial charge is 0.287 e. The molecule has 2 heterocycles. The molecule has 0 atom stereocenters. The predicted octanol–water partition coefficient (Wildman–Crippen LogP) is 3.00. The van der Waals surface area contributed by atoms with Crippen LogP contribution in [0.5, 0.6) is 0 Å². The molecule has 1 fully saturated rings. The topological polar surface area (TPSA) is 76.0 Å². The molecule has 0 unspecified atom stereocenters. The van der Waals surface area contributed by atoms with Crippen molar-refractivity contribution in [2.75, 3.05) is 6.54 Å². The second-order valence-corrected chi connectivity index (χ2v) is 7.93. The monoisotopic (exact) mass is 398 g/mol. The van der Waals surface area contributed by atoms with E-state index in [1.807, 2.05) is 4.57 Å². The third-order valence-corrected chi connectivity index (χ3v) is 5.84. The highest BCUT2D eigenvalue weighted by Crippen LogP contribution is 2.22. The maximum atomic E-state index is 13.0. The Bertz CT molecular complexity index is 885. The predicted molar refractivity (Wildman–Crippen MR) is 107 cm³/mol. The van der Waals surface area contributed by atoms with Gasteiger partial charge in [0.15, 0.2) is 5.82 Å². The summed E-state index contributed by atoms with van der Waals surface area (Å²) in [6.45, 7) is 1.15. The Morgan fingerprint density at radius 3 is 2.59 bits per heavy atom. The quantitative estimate of drug-likeness (QED) is 0.785. The number of carbonyl (C=O) groups excluding carboxylic acids is 2. The van der Waals surface area contributed by atoms with E-state index in [9.17, 15) is 14.0 Å². The van der Waals surface area contributed by atoms with E-state index in [2.05, 4.69) is 15.6 Å². The first-order chi connectivity index (χ1) is 14.1. The number of amides is 2. The summed E-state index contributed by atoms with van der Waals surface area (Å²) in [6.07, 6.45) is 7.65. The van der Waals surface area contributed by atoms with Crippen molar-refractivity contribution in [1.82, 2.24) is 20.2 Å². The number of fused-ring (bicyclic) bond motifs is 1. The highest BCUT2D eigenvalue weighted by molar-refractivity contribution is 5.97. The lowest BCUT2D eigenvalue weighted by molar-refractivity contribution is 0.0921. The van der Waals surface area contributed by atoms with Crippen LogP contribution in [-0.4, -0.2) is 34.0 Å². The lowest BCUT2D eigenvalue weighted by Gasteiger charge is -2.18. The third kappa shape index (κ3) is 4.49. The van der Waals surface area contributed by atoms with Crippen LogP contribution in [0.4, 0.5) is 4.39 Å². The summed E-state index contributed by atoms with van der Waals surface area (Å²) in [5, 5.41) is 5.98. The summed E-state index contributed by atoms with van der Waals surface area (Å²) >= 11 is 0. The Balaban J connectivity index is 1.44. The van der Waals surface area contributed by atoms with E-state index in [0.717, 1.165) is 62.7 Å². The summed E-state index contributed by atoms with van der Waals surface area (Å²) in [5.74, 6) is -0.343. The highest BCUT2D eigenvalue weighted by atomic mass is 19.1.